The lowest BCUT2D eigenvalue weighted by atomic mass is 10.0. The number of hydrogen-bond donors (Lipinski definition) is 2. The number of hydrogen-bond acceptors (Lipinski definition) is 2. The van der Waals surface area contributed by atoms with Crippen molar-refractivity contribution in [3.05, 3.63) is 64.7 Å². The molecule has 0 bridgehead atoms. The first-order chi connectivity index (χ1) is 9.74. The van der Waals surface area contributed by atoms with Gasteiger partial charge in [0.15, 0.2) is 0 Å². The molecule has 3 rings (SSSR count). The maximum absolute atomic E-state index is 10.3. The zero-order valence-corrected chi connectivity index (χ0v) is 11.9. The average Bonchev–Trinajstić information content (AvgIpc) is 2.93. The number of fused-ring (bicyclic) bond motifs is 1. The second kappa shape index (κ2) is 5.68. The molecule has 2 aromatic carbocycles. The Bertz CT molecular complexity index is 606. The molecule has 0 saturated heterocycles. The summed E-state index contributed by atoms with van der Waals surface area (Å²) in [5.41, 5.74) is 6.18. The molecule has 20 heavy (non-hydrogen) atoms. The second-order valence-electron chi connectivity index (χ2n) is 5.59. The highest BCUT2D eigenvalue weighted by molar-refractivity contribution is 5.50. The lowest BCUT2D eigenvalue weighted by Crippen LogP contribution is -2.13. The third-order valence-electron chi connectivity index (χ3n) is 4.14. The van der Waals surface area contributed by atoms with Gasteiger partial charge in [-0.3, -0.25) is 0 Å². The van der Waals surface area contributed by atoms with E-state index in [0.29, 0.717) is 6.54 Å². The van der Waals surface area contributed by atoms with Gasteiger partial charge in [0.1, 0.15) is 0 Å². The summed E-state index contributed by atoms with van der Waals surface area (Å²) in [5.74, 6) is 0. The largest absolute Gasteiger partial charge is 0.387 e. The molecule has 0 aliphatic heterocycles. The maximum atomic E-state index is 10.3. The van der Waals surface area contributed by atoms with E-state index >= 15 is 0 Å². The molecule has 104 valence electrons. The maximum Gasteiger partial charge on any atom is 0.0962 e. The van der Waals surface area contributed by atoms with Crippen LogP contribution in [0.4, 0.5) is 5.69 Å². The predicted molar refractivity (Wildman–Crippen MR) is 83.1 cm³/mol. The summed E-state index contributed by atoms with van der Waals surface area (Å²) < 4.78 is 0. The van der Waals surface area contributed by atoms with Gasteiger partial charge in [-0.1, -0.05) is 36.4 Å². The number of aliphatic hydroxyl groups is 1. The molecule has 1 atom stereocenters. The van der Waals surface area contributed by atoms with Crippen LogP contribution in [0.2, 0.25) is 0 Å². The van der Waals surface area contributed by atoms with Crippen LogP contribution in [-0.4, -0.2) is 11.7 Å². The fourth-order valence-electron chi connectivity index (χ4n) is 2.89. The van der Waals surface area contributed by atoms with Crippen LogP contribution < -0.4 is 5.32 Å². The van der Waals surface area contributed by atoms with E-state index in [0.717, 1.165) is 17.7 Å². The highest BCUT2D eigenvalue weighted by Crippen LogP contribution is 2.25. The second-order valence-corrected chi connectivity index (χ2v) is 5.59. The molecule has 0 saturated carbocycles. The SMILES string of the molecule is Cc1ccccc1NCC(O)c1ccc2c(c1)CCC2. The fraction of sp³-hybridized carbons (Fsp3) is 0.333. The van der Waals surface area contributed by atoms with E-state index in [1.54, 1.807) is 0 Å². The molecule has 0 heterocycles. The van der Waals surface area contributed by atoms with Crippen LogP contribution in [0.15, 0.2) is 42.5 Å². The van der Waals surface area contributed by atoms with Crippen molar-refractivity contribution in [1.29, 1.82) is 0 Å². The van der Waals surface area contributed by atoms with Crippen LogP contribution >= 0.6 is 0 Å². The zero-order chi connectivity index (χ0) is 13.9. The van der Waals surface area contributed by atoms with Crippen LogP contribution in [-0.2, 0) is 12.8 Å². The summed E-state index contributed by atoms with van der Waals surface area (Å²) in [4.78, 5) is 0. The smallest absolute Gasteiger partial charge is 0.0962 e. The van der Waals surface area contributed by atoms with E-state index in [1.807, 2.05) is 18.2 Å². The Morgan fingerprint density at radius 3 is 2.75 bits per heavy atom. The molecule has 0 aromatic heterocycles. The first-order valence-electron chi connectivity index (χ1n) is 7.33. The van der Waals surface area contributed by atoms with Crippen molar-refractivity contribution >= 4 is 5.69 Å². The van der Waals surface area contributed by atoms with Gasteiger partial charge in [0.2, 0.25) is 0 Å². The number of benzene rings is 2. The van der Waals surface area contributed by atoms with Gasteiger partial charge in [0.25, 0.3) is 0 Å². The quantitative estimate of drug-likeness (QED) is 0.886. The number of aliphatic hydroxyl groups excluding tert-OH is 1. The Balaban J connectivity index is 1.67. The van der Waals surface area contributed by atoms with Crippen molar-refractivity contribution in [2.75, 3.05) is 11.9 Å². The lowest BCUT2D eigenvalue weighted by molar-refractivity contribution is 0.191. The minimum atomic E-state index is -0.458. The minimum Gasteiger partial charge on any atom is -0.387 e. The molecule has 2 nitrogen and oxygen atoms in total. The Kier molecular flexibility index (Phi) is 3.75. The van der Waals surface area contributed by atoms with Gasteiger partial charge in [0.05, 0.1) is 6.10 Å². The molecule has 0 spiro atoms. The normalized spacial score (nSPS) is 14.9. The predicted octanol–water partition coefficient (Wildman–Crippen LogP) is 3.63. The summed E-state index contributed by atoms with van der Waals surface area (Å²) in [7, 11) is 0. The fourth-order valence-corrected chi connectivity index (χ4v) is 2.89. The van der Waals surface area contributed by atoms with Gasteiger partial charge in [-0.25, -0.2) is 0 Å². The Morgan fingerprint density at radius 1 is 1.10 bits per heavy atom. The first kappa shape index (κ1) is 13.2. The van der Waals surface area contributed by atoms with Crippen molar-refractivity contribution in [3.8, 4) is 0 Å². The molecule has 0 amide bonds. The highest BCUT2D eigenvalue weighted by Gasteiger charge is 2.14. The minimum absolute atomic E-state index is 0.458. The summed E-state index contributed by atoms with van der Waals surface area (Å²) in [5, 5.41) is 13.7. The van der Waals surface area contributed by atoms with Crippen molar-refractivity contribution in [2.45, 2.75) is 32.3 Å². The molecule has 2 N–H and O–H groups in total. The monoisotopic (exact) mass is 267 g/mol. The van der Waals surface area contributed by atoms with Gasteiger partial charge >= 0.3 is 0 Å². The number of aryl methyl sites for hydroxylation is 3. The molecule has 1 aliphatic carbocycles. The van der Waals surface area contributed by atoms with E-state index in [4.69, 9.17) is 0 Å². The van der Waals surface area contributed by atoms with Gasteiger partial charge in [-0.2, -0.15) is 0 Å². The van der Waals surface area contributed by atoms with Crippen LogP contribution in [0.25, 0.3) is 0 Å². The average molecular weight is 267 g/mol. The summed E-state index contributed by atoms with van der Waals surface area (Å²) in [6.45, 7) is 2.62. The molecule has 1 unspecified atom stereocenters. The van der Waals surface area contributed by atoms with Crippen LogP contribution in [0.5, 0.6) is 0 Å². The Morgan fingerprint density at radius 2 is 1.90 bits per heavy atom. The van der Waals surface area contributed by atoms with Gasteiger partial charge in [0, 0.05) is 12.2 Å². The third kappa shape index (κ3) is 2.70. The lowest BCUT2D eigenvalue weighted by Gasteiger charge is -2.15. The number of anilines is 1. The third-order valence-corrected chi connectivity index (χ3v) is 4.14. The van der Waals surface area contributed by atoms with Crippen molar-refractivity contribution in [2.24, 2.45) is 0 Å². The van der Waals surface area contributed by atoms with Gasteiger partial charge in [-0.05, 0) is 54.5 Å². The molecule has 2 heteroatoms. The van der Waals surface area contributed by atoms with Crippen LogP contribution in [0.3, 0.4) is 0 Å². The van der Waals surface area contributed by atoms with E-state index in [2.05, 4.69) is 36.5 Å². The molecular formula is C18H21NO. The standard InChI is InChI=1S/C18H21NO/c1-13-5-2-3-8-17(13)19-12-18(20)16-10-9-14-6-4-7-15(14)11-16/h2-3,5,8-11,18-20H,4,6-7,12H2,1H3. The Labute approximate surface area is 120 Å². The van der Waals surface area contributed by atoms with E-state index in [-0.39, 0.29) is 0 Å². The van der Waals surface area contributed by atoms with Crippen molar-refractivity contribution in [1.82, 2.24) is 0 Å². The first-order valence-corrected chi connectivity index (χ1v) is 7.33. The highest BCUT2D eigenvalue weighted by atomic mass is 16.3. The van der Waals surface area contributed by atoms with E-state index in [9.17, 15) is 5.11 Å². The number of para-hydroxylation sites is 1. The van der Waals surface area contributed by atoms with Gasteiger partial charge < -0.3 is 10.4 Å². The van der Waals surface area contributed by atoms with Crippen molar-refractivity contribution < 1.29 is 5.11 Å². The van der Waals surface area contributed by atoms with Crippen LogP contribution in [0.1, 0.15) is 34.8 Å². The number of rotatable bonds is 4. The molecule has 2 aromatic rings. The van der Waals surface area contributed by atoms with E-state index in [1.165, 1.54) is 29.5 Å². The summed E-state index contributed by atoms with van der Waals surface area (Å²) in [6.07, 6.45) is 3.13. The topological polar surface area (TPSA) is 32.3 Å². The Hall–Kier alpha value is -1.80. The molecule has 1 aliphatic rings. The zero-order valence-electron chi connectivity index (χ0n) is 11.9. The van der Waals surface area contributed by atoms with Gasteiger partial charge in [-0.15, -0.1) is 0 Å². The van der Waals surface area contributed by atoms with E-state index < -0.39 is 6.10 Å². The summed E-state index contributed by atoms with van der Waals surface area (Å²) >= 11 is 0. The molecule has 0 radical (unpaired) electrons. The van der Waals surface area contributed by atoms with Crippen LogP contribution in [0, 0.1) is 6.92 Å². The number of nitrogens with one attached hydrogen (secondary N) is 1. The molecule has 0 fully saturated rings. The molecular weight excluding hydrogens is 246 g/mol. The van der Waals surface area contributed by atoms with Crippen molar-refractivity contribution in [3.63, 3.8) is 0 Å². The summed E-state index contributed by atoms with van der Waals surface area (Å²) in [6, 6.07) is 14.6.